The largest absolute Gasteiger partial charge is 0.226 e. The molecular weight excluding hydrogens is 240 g/mol. The summed E-state index contributed by atoms with van der Waals surface area (Å²) in [4.78, 5) is 7.83. The average Bonchev–Trinajstić information content (AvgIpc) is 2.51. The molecule has 0 fully saturated rings. The van der Waals surface area contributed by atoms with Crippen LogP contribution in [-0.4, -0.2) is 20.2 Å². The molecule has 0 unspecified atom stereocenters. The Balaban J connectivity index is 2.18. The Morgan fingerprint density at radius 3 is 2.93 bits per heavy atom. The summed E-state index contributed by atoms with van der Waals surface area (Å²) >= 11 is 8.61. The molecule has 2 aromatic rings. The van der Waals surface area contributed by atoms with Crippen molar-refractivity contribution in [2.75, 3.05) is 0 Å². The van der Waals surface area contributed by atoms with Gasteiger partial charge in [-0.1, -0.05) is 11.3 Å². The van der Waals surface area contributed by atoms with Crippen molar-refractivity contribution in [2.45, 2.75) is 16.3 Å². The molecule has 2 rings (SSSR count). The van der Waals surface area contributed by atoms with Gasteiger partial charge in [-0.3, -0.25) is 0 Å². The van der Waals surface area contributed by atoms with Crippen molar-refractivity contribution in [1.82, 2.24) is 20.2 Å². The number of halogens is 1. The smallest absolute Gasteiger partial charge is 0.223 e. The first-order chi connectivity index (χ1) is 6.74. The molecule has 0 atom stereocenters. The zero-order chi connectivity index (χ0) is 9.97. The molecule has 2 aromatic heterocycles. The summed E-state index contributed by atoms with van der Waals surface area (Å²) in [6.45, 7) is 1.91. The molecule has 0 saturated heterocycles. The van der Waals surface area contributed by atoms with Gasteiger partial charge in [0, 0.05) is 6.20 Å². The van der Waals surface area contributed by atoms with Crippen molar-refractivity contribution in [3.8, 4) is 0 Å². The number of hydrogen-bond donors (Lipinski definition) is 0. The fourth-order valence-corrected chi connectivity index (χ4v) is 2.71. The van der Waals surface area contributed by atoms with Crippen LogP contribution in [-0.2, 0) is 0 Å². The molecule has 7 heteroatoms. The van der Waals surface area contributed by atoms with Gasteiger partial charge in [0.05, 0.1) is 0 Å². The molecule has 0 aliphatic carbocycles. The van der Waals surface area contributed by atoms with Gasteiger partial charge >= 0.3 is 0 Å². The van der Waals surface area contributed by atoms with Crippen molar-refractivity contribution in [3.05, 3.63) is 22.6 Å². The highest BCUT2D eigenvalue weighted by molar-refractivity contribution is 8.01. The third kappa shape index (κ3) is 2.40. The highest BCUT2D eigenvalue weighted by Crippen LogP contribution is 2.28. The standard InChI is InChI=1S/C7H5ClN4S2/c1-4-11-12-7(13-4)14-5-2-3-9-6(8)10-5/h2-3H,1H3. The van der Waals surface area contributed by atoms with Crippen LogP contribution < -0.4 is 0 Å². The van der Waals surface area contributed by atoms with E-state index in [1.54, 1.807) is 12.3 Å². The highest BCUT2D eigenvalue weighted by atomic mass is 35.5. The second kappa shape index (κ2) is 4.20. The Kier molecular flexibility index (Phi) is 2.95. The van der Waals surface area contributed by atoms with Crippen LogP contribution in [0.2, 0.25) is 5.28 Å². The van der Waals surface area contributed by atoms with E-state index in [1.807, 2.05) is 6.92 Å². The lowest BCUT2D eigenvalue weighted by Gasteiger charge is -1.94. The Bertz CT molecular complexity index is 445. The van der Waals surface area contributed by atoms with Crippen LogP contribution >= 0.6 is 34.7 Å². The first-order valence-electron chi connectivity index (χ1n) is 3.70. The molecule has 4 nitrogen and oxygen atoms in total. The molecular formula is C7H5ClN4S2. The van der Waals surface area contributed by atoms with E-state index < -0.39 is 0 Å². The molecule has 0 saturated carbocycles. The van der Waals surface area contributed by atoms with Gasteiger partial charge in [-0.05, 0) is 36.4 Å². The zero-order valence-electron chi connectivity index (χ0n) is 7.14. The predicted octanol–water partition coefficient (Wildman–Crippen LogP) is 2.44. The summed E-state index contributed by atoms with van der Waals surface area (Å²) < 4.78 is 0.859. The van der Waals surface area contributed by atoms with Crippen molar-refractivity contribution < 1.29 is 0 Å². The fourth-order valence-electron chi connectivity index (χ4n) is 0.786. The van der Waals surface area contributed by atoms with Crippen molar-refractivity contribution in [1.29, 1.82) is 0 Å². The monoisotopic (exact) mass is 244 g/mol. The maximum absolute atomic E-state index is 5.65. The molecule has 0 aliphatic rings. The van der Waals surface area contributed by atoms with Crippen LogP contribution in [0.3, 0.4) is 0 Å². The number of aryl methyl sites for hydroxylation is 1. The van der Waals surface area contributed by atoms with Gasteiger partial charge in [-0.2, -0.15) is 0 Å². The number of hydrogen-bond acceptors (Lipinski definition) is 6. The summed E-state index contributed by atoms with van der Waals surface area (Å²) in [6.07, 6.45) is 1.62. The molecule has 0 amide bonds. The number of rotatable bonds is 2. The topological polar surface area (TPSA) is 51.6 Å². The minimum absolute atomic E-state index is 0.247. The second-order valence-electron chi connectivity index (χ2n) is 2.35. The van der Waals surface area contributed by atoms with Crippen molar-refractivity contribution in [2.24, 2.45) is 0 Å². The van der Waals surface area contributed by atoms with E-state index >= 15 is 0 Å². The average molecular weight is 245 g/mol. The van der Waals surface area contributed by atoms with Crippen LogP contribution in [0.4, 0.5) is 0 Å². The first kappa shape index (κ1) is 9.82. The minimum Gasteiger partial charge on any atom is -0.226 e. The molecule has 72 valence electrons. The molecule has 0 spiro atoms. The van der Waals surface area contributed by atoms with E-state index in [2.05, 4.69) is 20.2 Å². The van der Waals surface area contributed by atoms with E-state index in [4.69, 9.17) is 11.6 Å². The van der Waals surface area contributed by atoms with E-state index in [0.717, 1.165) is 14.4 Å². The second-order valence-corrected chi connectivity index (χ2v) is 5.14. The molecule has 0 radical (unpaired) electrons. The molecule has 0 aliphatic heterocycles. The van der Waals surface area contributed by atoms with Gasteiger partial charge in [0.1, 0.15) is 10.0 Å². The van der Waals surface area contributed by atoms with Crippen LogP contribution in [0.1, 0.15) is 5.01 Å². The van der Waals surface area contributed by atoms with Crippen molar-refractivity contribution in [3.63, 3.8) is 0 Å². The Morgan fingerprint density at radius 1 is 1.43 bits per heavy atom. The van der Waals surface area contributed by atoms with Crippen LogP contribution in [0.15, 0.2) is 21.6 Å². The van der Waals surface area contributed by atoms with Gasteiger partial charge in [-0.25, -0.2) is 9.97 Å². The predicted molar refractivity (Wildman–Crippen MR) is 55.8 cm³/mol. The maximum Gasteiger partial charge on any atom is 0.223 e. The lowest BCUT2D eigenvalue weighted by Crippen LogP contribution is -1.83. The third-order valence-electron chi connectivity index (χ3n) is 1.30. The Morgan fingerprint density at radius 2 is 2.29 bits per heavy atom. The quantitative estimate of drug-likeness (QED) is 0.600. The van der Waals surface area contributed by atoms with E-state index in [9.17, 15) is 0 Å². The van der Waals surface area contributed by atoms with Crippen LogP contribution in [0.5, 0.6) is 0 Å². The van der Waals surface area contributed by atoms with Gasteiger partial charge in [0.25, 0.3) is 0 Å². The van der Waals surface area contributed by atoms with Gasteiger partial charge < -0.3 is 0 Å². The van der Waals surface area contributed by atoms with E-state index in [-0.39, 0.29) is 5.28 Å². The lowest BCUT2D eigenvalue weighted by molar-refractivity contribution is 0.977. The molecule has 0 bridgehead atoms. The van der Waals surface area contributed by atoms with Crippen molar-refractivity contribution >= 4 is 34.7 Å². The summed E-state index contributed by atoms with van der Waals surface area (Å²) in [5, 5.41) is 9.84. The van der Waals surface area contributed by atoms with Gasteiger partial charge in [0.2, 0.25) is 5.28 Å². The van der Waals surface area contributed by atoms with Gasteiger partial charge in [-0.15, -0.1) is 10.2 Å². The summed E-state index contributed by atoms with van der Waals surface area (Å²) in [6, 6.07) is 1.78. The Labute approximate surface area is 93.8 Å². The van der Waals surface area contributed by atoms with Crippen LogP contribution in [0, 0.1) is 6.92 Å². The molecule has 2 heterocycles. The maximum atomic E-state index is 5.65. The lowest BCUT2D eigenvalue weighted by atomic mass is 10.7. The highest BCUT2D eigenvalue weighted by Gasteiger charge is 2.04. The molecule has 0 aromatic carbocycles. The summed E-state index contributed by atoms with van der Waals surface area (Å²) in [7, 11) is 0. The van der Waals surface area contributed by atoms with E-state index in [0.29, 0.717) is 0 Å². The fraction of sp³-hybridized carbons (Fsp3) is 0.143. The first-order valence-corrected chi connectivity index (χ1v) is 5.71. The van der Waals surface area contributed by atoms with E-state index in [1.165, 1.54) is 23.1 Å². The number of aromatic nitrogens is 4. The minimum atomic E-state index is 0.247. The number of nitrogens with zero attached hydrogens (tertiary/aromatic N) is 4. The third-order valence-corrected chi connectivity index (χ3v) is 3.31. The Hall–Kier alpha value is -0.720. The normalized spacial score (nSPS) is 10.4. The summed E-state index contributed by atoms with van der Waals surface area (Å²) in [5.41, 5.74) is 0. The van der Waals surface area contributed by atoms with Crippen LogP contribution in [0.25, 0.3) is 0 Å². The molecule has 0 N–H and O–H groups in total. The van der Waals surface area contributed by atoms with Gasteiger partial charge in [0.15, 0.2) is 4.34 Å². The molecule has 14 heavy (non-hydrogen) atoms. The summed E-state index contributed by atoms with van der Waals surface area (Å²) in [5.74, 6) is 0. The SMILES string of the molecule is Cc1nnc(Sc2ccnc(Cl)n2)s1. The zero-order valence-corrected chi connectivity index (χ0v) is 9.53.